The maximum Gasteiger partial charge on any atom is 0.307 e. The van der Waals surface area contributed by atoms with Crippen LogP contribution in [0.2, 0.25) is 0 Å². The highest BCUT2D eigenvalue weighted by Gasteiger charge is 2.73. The maximum absolute atomic E-state index is 13.9. The Morgan fingerprint density at radius 1 is 1.03 bits per heavy atom. The van der Waals surface area contributed by atoms with Crippen LogP contribution in [0, 0.1) is 11.8 Å². The van der Waals surface area contributed by atoms with Gasteiger partial charge in [-0.05, 0) is 36.8 Å². The molecule has 5 rings (SSSR count). The number of benzene rings is 2. The Morgan fingerprint density at radius 3 is 2.34 bits per heavy atom. The van der Waals surface area contributed by atoms with Crippen molar-refractivity contribution in [3.8, 4) is 0 Å². The third-order valence-corrected chi connectivity index (χ3v) is 7.40. The Morgan fingerprint density at radius 2 is 1.71 bits per heavy atom. The van der Waals surface area contributed by atoms with Crippen LogP contribution in [0.5, 0.6) is 0 Å². The molecular weight excluding hydrogens is 450 g/mol. The number of ketones is 1. The zero-order valence-corrected chi connectivity index (χ0v) is 19.4. The van der Waals surface area contributed by atoms with E-state index in [1.807, 2.05) is 35.2 Å². The van der Waals surface area contributed by atoms with Crippen LogP contribution in [-0.4, -0.2) is 60.1 Å². The number of anilines is 1. The van der Waals surface area contributed by atoms with Gasteiger partial charge < -0.3 is 10.1 Å². The van der Waals surface area contributed by atoms with Crippen molar-refractivity contribution in [1.29, 1.82) is 0 Å². The Kier molecular flexibility index (Phi) is 5.52. The molecule has 0 unspecified atom stereocenters. The van der Waals surface area contributed by atoms with Gasteiger partial charge in [0.1, 0.15) is 5.54 Å². The molecule has 180 valence electrons. The van der Waals surface area contributed by atoms with E-state index in [0.29, 0.717) is 24.3 Å². The third kappa shape index (κ3) is 3.30. The van der Waals surface area contributed by atoms with Crippen LogP contribution in [0.3, 0.4) is 0 Å². The molecule has 3 amide bonds. The molecule has 2 aromatic carbocycles. The van der Waals surface area contributed by atoms with E-state index in [2.05, 4.69) is 5.32 Å². The summed E-state index contributed by atoms with van der Waals surface area (Å²) in [7, 11) is 1.23. The molecule has 0 aliphatic carbocycles. The second-order valence-corrected chi connectivity index (χ2v) is 9.10. The number of piperazine rings is 1. The maximum atomic E-state index is 13.9. The van der Waals surface area contributed by atoms with Crippen molar-refractivity contribution in [3.63, 3.8) is 0 Å². The van der Waals surface area contributed by atoms with Gasteiger partial charge in [-0.3, -0.25) is 28.9 Å². The largest absolute Gasteiger partial charge is 0.469 e. The summed E-state index contributed by atoms with van der Waals surface area (Å²) in [6.07, 6.45) is -0.351. The number of ether oxygens (including phenoxy) is 1. The number of carbonyl (C=O) groups is 5. The summed E-state index contributed by atoms with van der Waals surface area (Å²) in [6.45, 7) is 2.15. The van der Waals surface area contributed by atoms with Gasteiger partial charge in [0.15, 0.2) is 5.78 Å². The van der Waals surface area contributed by atoms with E-state index in [1.165, 1.54) is 14.0 Å². The molecule has 3 heterocycles. The molecule has 3 fully saturated rings. The molecular formula is C26H25N3O6. The average molecular weight is 476 g/mol. The van der Waals surface area contributed by atoms with Crippen molar-refractivity contribution < 1.29 is 28.7 Å². The van der Waals surface area contributed by atoms with Gasteiger partial charge in [0.05, 0.1) is 31.1 Å². The van der Waals surface area contributed by atoms with Crippen molar-refractivity contribution in [2.45, 2.75) is 24.9 Å². The van der Waals surface area contributed by atoms with E-state index >= 15 is 0 Å². The van der Waals surface area contributed by atoms with Crippen LogP contribution in [0.4, 0.5) is 5.69 Å². The van der Waals surface area contributed by atoms with Crippen molar-refractivity contribution in [3.05, 3.63) is 65.7 Å². The molecule has 0 radical (unpaired) electrons. The number of carbonyl (C=O) groups excluding carboxylic acids is 5. The van der Waals surface area contributed by atoms with Gasteiger partial charge in [0.2, 0.25) is 17.7 Å². The number of imide groups is 1. The molecule has 4 atom stereocenters. The van der Waals surface area contributed by atoms with E-state index in [0.717, 1.165) is 10.5 Å². The quantitative estimate of drug-likeness (QED) is 0.396. The molecule has 0 spiro atoms. The first-order valence-electron chi connectivity index (χ1n) is 11.5. The van der Waals surface area contributed by atoms with Crippen molar-refractivity contribution in [2.75, 3.05) is 25.1 Å². The Bertz CT molecular complexity index is 1230. The van der Waals surface area contributed by atoms with Crippen molar-refractivity contribution in [2.24, 2.45) is 11.8 Å². The second-order valence-electron chi connectivity index (χ2n) is 9.10. The summed E-state index contributed by atoms with van der Waals surface area (Å²) in [5.74, 6) is -4.15. The summed E-state index contributed by atoms with van der Waals surface area (Å²) in [5, 5.41) is 2.81. The molecule has 3 saturated heterocycles. The zero-order chi connectivity index (χ0) is 24.9. The second kappa shape index (κ2) is 8.42. The van der Waals surface area contributed by atoms with Gasteiger partial charge in [0, 0.05) is 24.7 Å². The van der Waals surface area contributed by atoms with E-state index < -0.39 is 47.1 Å². The van der Waals surface area contributed by atoms with E-state index in [4.69, 9.17) is 4.74 Å². The lowest BCUT2D eigenvalue weighted by Gasteiger charge is -2.45. The van der Waals surface area contributed by atoms with Crippen LogP contribution in [-0.2, 0) is 23.9 Å². The number of Topliss-reactive ketones (excluding diaryl/α,β-unsaturated/α-hetero) is 1. The fraction of sp³-hybridized carbons (Fsp3) is 0.346. The van der Waals surface area contributed by atoms with Crippen LogP contribution in [0.25, 0.3) is 0 Å². The first kappa shape index (κ1) is 22.9. The smallest absolute Gasteiger partial charge is 0.307 e. The highest BCUT2D eigenvalue weighted by molar-refractivity contribution is 6.24. The fourth-order valence-corrected chi connectivity index (χ4v) is 5.91. The number of amides is 3. The van der Waals surface area contributed by atoms with Crippen LogP contribution in [0.15, 0.2) is 54.6 Å². The summed E-state index contributed by atoms with van der Waals surface area (Å²) in [5.41, 5.74) is 0.00779. The third-order valence-electron chi connectivity index (χ3n) is 7.40. The predicted octanol–water partition coefficient (Wildman–Crippen LogP) is 1.48. The zero-order valence-electron chi connectivity index (χ0n) is 19.4. The van der Waals surface area contributed by atoms with Gasteiger partial charge in [0.25, 0.3) is 0 Å². The van der Waals surface area contributed by atoms with E-state index in [-0.39, 0.29) is 12.2 Å². The number of nitrogens with zero attached hydrogens (tertiary/aromatic N) is 2. The van der Waals surface area contributed by atoms with Crippen LogP contribution < -0.4 is 10.2 Å². The predicted molar refractivity (Wildman–Crippen MR) is 124 cm³/mol. The Balaban J connectivity index is 1.67. The fourth-order valence-electron chi connectivity index (χ4n) is 5.91. The lowest BCUT2D eigenvalue weighted by atomic mass is 9.76. The SMILES string of the molecule is COC(=O)C[C@]12C(=O)NCCN1[C@@H](c1ccccc1)[C@H]1C(=O)N(c3ccc(C(C)=O)cc3)C(=O)[C@H]12. The number of rotatable bonds is 5. The van der Waals surface area contributed by atoms with Gasteiger partial charge in [-0.2, -0.15) is 0 Å². The number of hydrogen-bond acceptors (Lipinski definition) is 7. The van der Waals surface area contributed by atoms with Crippen LogP contribution in [0.1, 0.15) is 35.3 Å². The topological polar surface area (TPSA) is 113 Å². The average Bonchev–Trinajstić information content (AvgIpc) is 3.30. The summed E-state index contributed by atoms with van der Waals surface area (Å²) >= 11 is 0. The first-order valence-corrected chi connectivity index (χ1v) is 11.5. The lowest BCUT2D eigenvalue weighted by Crippen LogP contribution is -2.67. The molecule has 9 heteroatoms. The van der Waals surface area contributed by atoms with Gasteiger partial charge in [-0.25, -0.2) is 4.90 Å². The number of hydrogen-bond donors (Lipinski definition) is 1. The molecule has 0 saturated carbocycles. The standard InChI is InChI=1S/C26H25N3O6/c1-15(30)16-8-10-18(11-9-16)29-23(32)20-21(24(29)33)26(14-19(31)35-2)25(34)27-12-13-28(26)22(20)17-6-4-3-5-7-17/h3-11,20-22H,12-14H2,1-2H3,(H,27,34)/t20-,21-,22-,26-/m0/s1. The Labute approximate surface area is 202 Å². The number of nitrogens with one attached hydrogen (secondary N) is 1. The van der Waals surface area contributed by atoms with E-state index in [9.17, 15) is 24.0 Å². The molecule has 35 heavy (non-hydrogen) atoms. The van der Waals surface area contributed by atoms with Gasteiger partial charge >= 0.3 is 5.97 Å². The highest BCUT2D eigenvalue weighted by Crippen LogP contribution is 2.57. The van der Waals surface area contributed by atoms with Crippen molar-refractivity contribution in [1.82, 2.24) is 10.2 Å². The Hall–Kier alpha value is -3.85. The molecule has 9 nitrogen and oxygen atoms in total. The van der Waals surface area contributed by atoms with Gasteiger partial charge in [-0.1, -0.05) is 30.3 Å². The van der Waals surface area contributed by atoms with E-state index in [1.54, 1.807) is 24.3 Å². The lowest BCUT2D eigenvalue weighted by molar-refractivity contribution is -0.154. The monoisotopic (exact) mass is 475 g/mol. The number of esters is 1. The summed E-state index contributed by atoms with van der Waals surface area (Å²) < 4.78 is 4.92. The molecule has 3 aliphatic heterocycles. The minimum atomic E-state index is -1.56. The minimum Gasteiger partial charge on any atom is -0.469 e. The molecule has 0 aromatic heterocycles. The molecule has 1 N–H and O–H groups in total. The first-order chi connectivity index (χ1) is 16.8. The summed E-state index contributed by atoms with van der Waals surface area (Å²) in [4.78, 5) is 68.6. The van der Waals surface area contributed by atoms with Crippen molar-refractivity contribution >= 4 is 35.2 Å². The van der Waals surface area contributed by atoms with Gasteiger partial charge in [-0.15, -0.1) is 0 Å². The minimum absolute atomic E-state index is 0.136. The number of methoxy groups -OCH3 is 1. The highest BCUT2D eigenvalue weighted by atomic mass is 16.5. The molecule has 2 aromatic rings. The normalized spacial score (nSPS) is 27.9. The summed E-state index contributed by atoms with van der Waals surface area (Å²) in [6, 6.07) is 14.9. The van der Waals surface area contributed by atoms with Crippen LogP contribution >= 0.6 is 0 Å². The number of fused-ring (bicyclic) bond motifs is 3. The molecule has 3 aliphatic rings. The molecule has 0 bridgehead atoms.